The van der Waals surface area contributed by atoms with Crippen LogP contribution >= 0.6 is 0 Å². The van der Waals surface area contributed by atoms with E-state index in [1.54, 1.807) is 25.1 Å². The highest BCUT2D eigenvalue weighted by atomic mass is 16.5. The molecule has 140 valence electrons. The van der Waals surface area contributed by atoms with Crippen LogP contribution in [0.15, 0.2) is 45.6 Å². The summed E-state index contributed by atoms with van der Waals surface area (Å²) in [5.41, 5.74) is 0.655. The standard InChI is InChI=1S/C20H18O7/c1-3-26-17(22)10-15(21)12-5-4-6-13-18(23)14-9-11(20(24)25-2)7-8-16(14)27-19(12)13/h4-9,15,21H,3,10H2,1-2H3. The molecule has 1 N–H and O–H groups in total. The average Bonchev–Trinajstić information content (AvgIpc) is 2.67. The number of aliphatic hydroxyl groups excluding tert-OH is 1. The maximum absolute atomic E-state index is 12.9. The van der Waals surface area contributed by atoms with Crippen LogP contribution in [0, 0.1) is 0 Å². The quantitative estimate of drug-likeness (QED) is 0.544. The molecule has 3 aromatic rings. The second kappa shape index (κ2) is 7.59. The molecule has 27 heavy (non-hydrogen) atoms. The third-order valence-electron chi connectivity index (χ3n) is 4.17. The predicted molar refractivity (Wildman–Crippen MR) is 97.5 cm³/mol. The van der Waals surface area contributed by atoms with Gasteiger partial charge in [0.2, 0.25) is 5.43 Å². The number of carbonyl (C=O) groups excluding carboxylic acids is 2. The Kier molecular flexibility index (Phi) is 5.23. The molecule has 0 radical (unpaired) electrons. The van der Waals surface area contributed by atoms with Gasteiger partial charge in [0.05, 0.1) is 42.6 Å². The van der Waals surface area contributed by atoms with E-state index < -0.39 is 18.0 Å². The van der Waals surface area contributed by atoms with Gasteiger partial charge in [0.1, 0.15) is 11.2 Å². The zero-order valence-electron chi connectivity index (χ0n) is 14.9. The van der Waals surface area contributed by atoms with Gasteiger partial charge in [0.25, 0.3) is 0 Å². The van der Waals surface area contributed by atoms with E-state index >= 15 is 0 Å². The fraction of sp³-hybridized carbons (Fsp3) is 0.250. The molecule has 0 aliphatic carbocycles. The van der Waals surface area contributed by atoms with Crippen molar-refractivity contribution in [3.63, 3.8) is 0 Å². The van der Waals surface area contributed by atoms with Crippen LogP contribution in [-0.4, -0.2) is 30.8 Å². The molecule has 7 heteroatoms. The van der Waals surface area contributed by atoms with Crippen LogP contribution in [0.3, 0.4) is 0 Å². The fourth-order valence-corrected chi connectivity index (χ4v) is 2.89. The number of esters is 2. The summed E-state index contributed by atoms with van der Waals surface area (Å²) in [5.74, 6) is -1.11. The zero-order valence-corrected chi connectivity index (χ0v) is 14.9. The van der Waals surface area contributed by atoms with Crippen LogP contribution in [0.25, 0.3) is 21.9 Å². The Balaban J connectivity index is 2.15. The summed E-state index contributed by atoms with van der Waals surface area (Å²) in [4.78, 5) is 36.2. The number of aliphatic hydroxyl groups is 1. The van der Waals surface area contributed by atoms with Gasteiger partial charge in [0, 0.05) is 5.56 Å². The van der Waals surface area contributed by atoms with Crippen molar-refractivity contribution in [3.05, 3.63) is 57.7 Å². The molecular formula is C20H18O7. The monoisotopic (exact) mass is 370 g/mol. The molecule has 1 atom stereocenters. The van der Waals surface area contributed by atoms with Crippen LogP contribution in [0.2, 0.25) is 0 Å². The topological polar surface area (TPSA) is 103 Å². The van der Waals surface area contributed by atoms with Crippen molar-refractivity contribution >= 4 is 33.9 Å². The van der Waals surface area contributed by atoms with Gasteiger partial charge in [-0.2, -0.15) is 0 Å². The third-order valence-corrected chi connectivity index (χ3v) is 4.17. The zero-order chi connectivity index (χ0) is 19.6. The van der Waals surface area contributed by atoms with E-state index in [9.17, 15) is 19.5 Å². The van der Waals surface area contributed by atoms with E-state index in [1.807, 2.05) is 0 Å². The summed E-state index contributed by atoms with van der Waals surface area (Å²) in [6, 6.07) is 9.14. The molecule has 0 aliphatic heterocycles. The normalized spacial score (nSPS) is 12.1. The number of carbonyl (C=O) groups is 2. The van der Waals surface area contributed by atoms with Crippen molar-refractivity contribution in [2.45, 2.75) is 19.4 Å². The molecule has 2 aromatic carbocycles. The minimum atomic E-state index is -1.18. The Morgan fingerprint density at radius 1 is 1.19 bits per heavy atom. The van der Waals surface area contributed by atoms with Crippen molar-refractivity contribution < 1.29 is 28.6 Å². The van der Waals surface area contributed by atoms with Crippen LogP contribution in [0.4, 0.5) is 0 Å². The minimum Gasteiger partial charge on any atom is -0.466 e. The molecule has 1 unspecified atom stereocenters. The van der Waals surface area contributed by atoms with Gasteiger partial charge in [0.15, 0.2) is 0 Å². The molecule has 1 aromatic heterocycles. The maximum atomic E-state index is 12.9. The Morgan fingerprint density at radius 2 is 1.96 bits per heavy atom. The highest BCUT2D eigenvalue weighted by Gasteiger charge is 2.20. The molecule has 0 saturated heterocycles. The van der Waals surface area contributed by atoms with Gasteiger partial charge in [-0.3, -0.25) is 9.59 Å². The van der Waals surface area contributed by atoms with Gasteiger partial charge < -0.3 is 19.0 Å². The van der Waals surface area contributed by atoms with E-state index in [0.717, 1.165) is 0 Å². The van der Waals surface area contributed by atoms with E-state index in [0.29, 0.717) is 5.56 Å². The smallest absolute Gasteiger partial charge is 0.337 e. The lowest BCUT2D eigenvalue weighted by atomic mass is 10.0. The summed E-state index contributed by atoms with van der Waals surface area (Å²) in [6.45, 7) is 1.89. The van der Waals surface area contributed by atoms with Crippen molar-refractivity contribution in [1.82, 2.24) is 0 Å². The fourth-order valence-electron chi connectivity index (χ4n) is 2.89. The van der Waals surface area contributed by atoms with Crippen LogP contribution < -0.4 is 5.43 Å². The Morgan fingerprint density at radius 3 is 2.67 bits per heavy atom. The van der Waals surface area contributed by atoms with E-state index in [4.69, 9.17) is 9.15 Å². The lowest BCUT2D eigenvalue weighted by Gasteiger charge is -2.13. The summed E-state index contributed by atoms with van der Waals surface area (Å²) in [6.07, 6.45) is -1.43. The number of benzene rings is 2. The van der Waals surface area contributed by atoms with Crippen molar-refractivity contribution in [2.75, 3.05) is 13.7 Å². The Hall–Kier alpha value is -3.19. The SMILES string of the molecule is CCOC(=O)CC(O)c1cccc2c(=O)c3cc(C(=O)OC)ccc3oc12. The van der Waals surface area contributed by atoms with Crippen molar-refractivity contribution in [2.24, 2.45) is 0 Å². The van der Waals surface area contributed by atoms with Crippen LogP contribution in [0.5, 0.6) is 0 Å². The van der Waals surface area contributed by atoms with Crippen LogP contribution in [-0.2, 0) is 14.3 Å². The van der Waals surface area contributed by atoms with Crippen molar-refractivity contribution in [3.8, 4) is 0 Å². The Labute approximate surface area is 154 Å². The first-order chi connectivity index (χ1) is 13.0. The first-order valence-electron chi connectivity index (χ1n) is 8.37. The number of hydrogen-bond acceptors (Lipinski definition) is 7. The number of ether oxygens (including phenoxy) is 2. The molecule has 0 saturated carbocycles. The molecule has 0 aliphatic rings. The third kappa shape index (κ3) is 3.54. The number of methoxy groups -OCH3 is 1. The number of para-hydroxylation sites is 1. The van der Waals surface area contributed by atoms with Crippen molar-refractivity contribution in [1.29, 1.82) is 0 Å². The van der Waals surface area contributed by atoms with Crippen LogP contribution in [0.1, 0.15) is 35.4 Å². The predicted octanol–water partition coefficient (Wildman–Crippen LogP) is 2.72. The summed E-state index contributed by atoms with van der Waals surface area (Å²) in [7, 11) is 1.26. The van der Waals surface area contributed by atoms with Gasteiger partial charge in [-0.05, 0) is 31.2 Å². The number of fused-ring (bicyclic) bond motifs is 2. The number of rotatable bonds is 5. The first-order valence-corrected chi connectivity index (χ1v) is 8.37. The largest absolute Gasteiger partial charge is 0.466 e. The lowest BCUT2D eigenvalue weighted by Crippen LogP contribution is -2.11. The summed E-state index contributed by atoms with van der Waals surface area (Å²) < 4.78 is 15.3. The van der Waals surface area contributed by atoms with Gasteiger partial charge in [-0.15, -0.1) is 0 Å². The van der Waals surface area contributed by atoms with Gasteiger partial charge >= 0.3 is 11.9 Å². The van der Waals surface area contributed by atoms with E-state index in [-0.39, 0.29) is 46.0 Å². The summed E-state index contributed by atoms with van der Waals surface area (Å²) in [5, 5.41) is 10.9. The molecule has 0 amide bonds. The molecule has 0 fully saturated rings. The average molecular weight is 370 g/mol. The Bertz CT molecular complexity index is 1080. The lowest BCUT2D eigenvalue weighted by molar-refractivity contribution is -0.145. The second-order valence-corrected chi connectivity index (χ2v) is 5.88. The molecule has 0 bridgehead atoms. The highest BCUT2D eigenvalue weighted by Crippen LogP contribution is 2.28. The second-order valence-electron chi connectivity index (χ2n) is 5.88. The molecule has 1 heterocycles. The summed E-state index contributed by atoms with van der Waals surface area (Å²) >= 11 is 0. The maximum Gasteiger partial charge on any atom is 0.337 e. The molecule has 0 spiro atoms. The van der Waals surface area contributed by atoms with E-state index in [2.05, 4.69) is 4.74 Å². The van der Waals surface area contributed by atoms with Gasteiger partial charge in [-0.25, -0.2) is 4.79 Å². The molecular weight excluding hydrogens is 352 g/mol. The number of hydrogen-bond donors (Lipinski definition) is 1. The van der Waals surface area contributed by atoms with Gasteiger partial charge in [-0.1, -0.05) is 12.1 Å². The first kappa shape index (κ1) is 18.6. The minimum absolute atomic E-state index is 0.192. The van der Waals surface area contributed by atoms with E-state index in [1.165, 1.54) is 25.3 Å². The highest BCUT2D eigenvalue weighted by molar-refractivity contribution is 5.97. The molecule has 7 nitrogen and oxygen atoms in total. The molecule has 3 rings (SSSR count).